The van der Waals surface area contributed by atoms with Gasteiger partial charge in [0, 0.05) is 26.1 Å². The van der Waals surface area contributed by atoms with Gasteiger partial charge < -0.3 is 28.5 Å². The second-order valence-electron chi connectivity index (χ2n) is 11.7. The van der Waals surface area contributed by atoms with Gasteiger partial charge in [-0.3, -0.25) is 0 Å². The highest BCUT2D eigenvalue weighted by molar-refractivity contribution is 6.74. The van der Waals surface area contributed by atoms with Gasteiger partial charge in [-0.15, -0.1) is 0 Å². The fraction of sp³-hybridized carbons (Fsp3) is 1.00. The Morgan fingerprint density at radius 2 is 1.78 bits per heavy atom. The summed E-state index contributed by atoms with van der Waals surface area (Å²) in [4.78, 5) is 0. The van der Waals surface area contributed by atoms with Gasteiger partial charge in [0.05, 0.1) is 24.9 Å². The van der Waals surface area contributed by atoms with Gasteiger partial charge in [0.2, 0.25) is 0 Å². The second kappa shape index (κ2) is 12.6. The molecule has 0 aromatic heterocycles. The van der Waals surface area contributed by atoms with Crippen LogP contribution in [0.5, 0.6) is 0 Å². The molecule has 192 valence electrons. The van der Waals surface area contributed by atoms with Crippen LogP contribution >= 0.6 is 0 Å². The molecular weight excluding hydrogens is 424 g/mol. The van der Waals surface area contributed by atoms with E-state index in [1.165, 1.54) is 0 Å². The molecule has 0 saturated carbocycles. The quantitative estimate of drug-likeness (QED) is 0.276. The third-order valence-corrected chi connectivity index (χ3v) is 11.9. The van der Waals surface area contributed by atoms with Gasteiger partial charge in [-0.1, -0.05) is 41.5 Å². The summed E-state index contributed by atoms with van der Waals surface area (Å²) in [6.45, 7) is 22.9. The Kier molecular flexibility index (Phi) is 11.8. The molecule has 0 unspecified atom stereocenters. The summed E-state index contributed by atoms with van der Waals surface area (Å²) in [7, 11) is -0.199. The Bertz CT molecular complexity index is 529. The maximum atomic E-state index is 9.84. The second-order valence-corrected chi connectivity index (χ2v) is 16.5. The van der Waals surface area contributed by atoms with Crippen molar-refractivity contribution in [3.05, 3.63) is 0 Å². The van der Waals surface area contributed by atoms with Crippen LogP contribution < -0.4 is 0 Å². The van der Waals surface area contributed by atoms with Crippen molar-refractivity contribution in [1.29, 1.82) is 0 Å². The number of aliphatic hydroxyl groups is 1. The molecule has 0 amide bonds. The van der Waals surface area contributed by atoms with Crippen LogP contribution in [0.1, 0.15) is 74.7 Å². The molecule has 0 radical (unpaired) electrons. The third kappa shape index (κ3) is 8.97. The Morgan fingerprint density at radius 3 is 2.28 bits per heavy atom. The van der Waals surface area contributed by atoms with Gasteiger partial charge in [-0.05, 0) is 56.7 Å². The molecule has 1 fully saturated rings. The van der Waals surface area contributed by atoms with Crippen LogP contribution in [0.4, 0.5) is 0 Å². The summed E-state index contributed by atoms with van der Waals surface area (Å²) in [6.07, 6.45) is 2.72. The molecular formula is C25H52O6Si. The highest BCUT2D eigenvalue weighted by Crippen LogP contribution is 2.38. The van der Waals surface area contributed by atoms with E-state index < -0.39 is 14.1 Å². The van der Waals surface area contributed by atoms with Crippen LogP contribution in [0.2, 0.25) is 18.1 Å². The number of aliphatic hydroxyl groups excluding tert-OH is 1. The topological polar surface area (TPSA) is 66.4 Å². The minimum atomic E-state index is -1.83. The summed E-state index contributed by atoms with van der Waals surface area (Å²) in [5, 5.41) is 10.0. The van der Waals surface area contributed by atoms with Crippen LogP contribution in [0.25, 0.3) is 0 Å². The molecule has 0 aromatic carbocycles. The molecule has 7 heteroatoms. The van der Waals surface area contributed by atoms with E-state index in [4.69, 9.17) is 23.4 Å². The summed E-state index contributed by atoms with van der Waals surface area (Å²) in [5.74, 6) is 0.0671. The van der Waals surface area contributed by atoms with Crippen molar-refractivity contribution in [3.8, 4) is 0 Å². The van der Waals surface area contributed by atoms with Gasteiger partial charge in [-0.2, -0.15) is 0 Å². The van der Waals surface area contributed by atoms with Crippen molar-refractivity contribution in [1.82, 2.24) is 0 Å². The minimum absolute atomic E-state index is 0.0250. The number of methoxy groups -OCH3 is 1. The lowest BCUT2D eigenvalue weighted by Gasteiger charge is -2.45. The molecule has 1 aliphatic rings. The number of hydrogen-bond donors (Lipinski definition) is 1. The van der Waals surface area contributed by atoms with Crippen molar-refractivity contribution in [3.63, 3.8) is 0 Å². The largest absolute Gasteiger partial charge is 0.414 e. The molecule has 1 N–H and O–H groups in total. The maximum absolute atomic E-state index is 9.84. The SMILES string of the molecule is CC[C@H](CO)[C@H](OCOC)[C@H](C)C[C@@H](C)[C@@H]1C[C@@H](CO[Si](C)(C)C(C)(C)C)OC(C)(C)O1. The Balaban J connectivity index is 2.82. The Labute approximate surface area is 198 Å². The first kappa shape index (κ1) is 30.0. The first-order valence-electron chi connectivity index (χ1n) is 12.4. The van der Waals surface area contributed by atoms with E-state index in [9.17, 15) is 5.11 Å². The van der Waals surface area contributed by atoms with E-state index in [0.29, 0.717) is 12.5 Å². The van der Waals surface area contributed by atoms with E-state index in [0.717, 1.165) is 19.3 Å². The van der Waals surface area contributed by atoms with Gasteiger partial charge in [0.15, 0.2) is 14.1 Å². The molecule has 6 atom stereocenters. The lowest BCUT2D eigenvalue weighted by molar-refractivity contribution is -0.311. The highest BCUT2D eigenvalue weighted by Gasteiger charge is 2.42. The molecule has 0 aromatic rings. The fourth-order valence-electron chi connectivity index (χ4n) is 4.37. The minimum Gasteiger partial charge on any atom is -0.414 e. The summed E-state index contributed by atoms with van der Waals surface area (Å²) < 4.78 is 30.2. The monoisotopic (exact) mass is 476 g/mol. The van der Waals surface area contributed by atoms with E-state index in [-0.39, 0.29) is 48.6 Å². The summed E-state index contributed by atoms with van der Waals surface area (Å²) in [6, 6.07) is 0. The molecule has 32 heavy (non-hydrogen) atoms. The summed E-state index contributed by atoms with van der Waals surface area (Å²) >= 11 is 0. The van der Waals surface area contributed by atoms with Crippen molar-refractivity contribution in [2.24, 2.45) is 17.8 Å². The molecule has 0 bridgehead atoms. The molecule has 1 heterocycles. The van der Waals surface area contributed by atoms with Crippen molar-refractivity contribution in [2.75, 3.05) is 27.1 Å². The van der Waals surface area contributed by atoms with E-state index in [1.54, 1.807) is 7.11 Å². The first-order valence-corrected chi connectivity index (χ1v) is 15.3. The van der Waals surface area contributed by atoms with Gasteiger partial charge in [0.25, 0.3) is 0 Å². The number of ether oxygens (including phenoxy) is 4. The predicted molar refractivity (Wildman–Crippen MR) is 132 cm³/mol. The Hall–Kier alpha value is -0.0231. The van der Waals surface area contributed by atoms with Crippen LogP contribution in [-0.2, 0) is 23.4 Å². The molecule has 1 saturated heterocycles. The summed E-state index contributed by atoms with van der Waals surface area (Å²) in [5.41, 5.74) is 0. The average molecular weight is 477 g/mol. The zero-order chi connectivity index (χ0) is 24.7. The maximum Gasteiger partial charge on any atom is 0.192 e. The molecule has 1 aliphatic heterocycles. The van der Waals surface area contributed by atoms with Crippen molar-refractivity contribution in [2.45, 2.75) is 117 Å². The van der Waals surface area contributed by atoms with Gasteiger partial charge in [-0.25, -0.2) is 0 Å². The van der Waals surface area contributed by atoms with Crippen molar-refractivity contribution >= 4 is 8.32 Å². The molecule has 0 spiro atoms. The van der Waals surface area contributed by atoms with Crippen LogP contribution in [0.3, 0.4) is 0 Å². The highest BCUT2D eigenvalue weighted by atomic mass is 28.4. The zero-order valence-electron chi connectivity index (χ0n) is 22.7. The van der Waals surface area contributed by atoms with Gasteiger partial charge >= 0.3 is 0 Å². The van der Waals surface area contributed by atoms with Crippen LogP contribution in [0, 0.1) is 17.8 Å². The van der Waals surface area contributed by atoms with Crippen LogP contribution in [-0.4, -0.2) is 64.6 Å². The van der Waals surface area contributed by atoms with E-state index in [2.05, 4.69) is 54.6 Å². The standard InChI is InChI=1S/C25H52O6Si/c1-12-20(15-26)23(28-17-27-9)19(3)13-18(2)22-14-21(30-25(7,8)31-22)16-29-32(10,11)24(4,5)6/h18-23,26H,12-17H2,1-11H3/t18-,19-,20-,21+,22+,23-/m1/s1. The number of rotatable bonds is 13. The van der Waals surface area contributed by atoms with Gasteiger partial charge in [0.1, 0.15) is 6.79 Å². The smallest absolute Gasteiger partial charge is 0.192 e. The van der Waals surface area contributed by atoms with Crippen LogP contribution in [0.15, 0.2) is 0 Å². The van der Waals surface area contributed by atoms with E-state index in [1.807, 2.05) is 13.8 Å². The first-order chi connectivity index (χ1) is 14.7. The number of hydrogen-bond acceptors (Lipinski definition) is 6. The molecule has 0 aliphatic carbocycles. The average Bonchev–Trinajstić information content (AvgIpc) is 2.67. The fourth-order valence-corrected chi connectivity index (χ4v) is 5.40. The van der Waals surface area contributed by atoms with Crippen molar-refractivity contribution < 1.29 is 28.5 Å². The Morgan fingerprint density at radius 1 is 1.16 bits per heavy atom. The molecule has 1 rings (SSSR count). The normalized spacial score (nSPS) is 25.9. The molecule has 6 nitrogen and oxygen atoms in total. The third-order valence-electron chi connectivity index (χ3n) is 7.36. The lowest BCUT2D eigenvalue weighted by Crippen LogP contribution is -2.50. The van der Waals surface area contributed by atoms with E-state index >= 15 is 0 Å². The lowest BCUT2D eigenvalue weighted by atomic mass is 9.82. The predicted octanol–water partition coefficient (Wildman–Crippen LogP) is 5.59. The zero-order valence-corrected chi connectivity index (χ0v) is 23.7.